The number of hydrogen-bond acceptors (Lipinski definition) is 5. The van der Waals surface area contributed by atoms with Crippen LogP contribution in [0.25, 0.3) is 11.4 Å². The Bertz CT molecular complexity index is 768. The maximum absolute atomic E-state index is 12.8. The molecule has 7 nitrogen and oxygen atoms in total. The lowest BCUT2D eigenvalue weighted by molar-refractivity contribution is 0.0697. The molecule has 2 aromatic heterocycles. The minimum absolute atomic E-state index is 0.0281. The Morgan fingerprint density at radius 2 is 2.14 bits per heavy atom. The number of carboxylic acid groups (broad SMARTS) is 1. The highest BCUT2D eigenvalue weighted by Gasteiger charge is 2.18. The summed E-state index contributed by atoms with van der Waals surface area (Å²) in [5.74, 6) is -1.93. The Balaban J connectivity index is 2.38. The minimum atomic E-state index is -3.19. The van der Waals surface area contributed by atoms with E-state index in [9.17, 15) is 17.6 Å². The summed E-state index contributed by atoms with van der Waals surface area (Å²) in [7, 11) is -3.19. The number of carbonyl (C=O) groups is 1. The second kappa shape index (κ2) is 5.60. The standard InChI is InChI=1S/C12H12FN3O4S/c1-21(19,20)5-4-16-7-9(12(17)18)11(15-16)10-3-2-8(13)6-14-10/h2-3,6-7H,4-5H2,1H3,(H,17,18). The first kappa shape index (κ1) is 15.1. The molecular weight excluding hydrogens is 301 g/mol. The quantitative estimate of drug-likeness (QED) is 0.877. The van der Waals surface area contributed by atoms with Gasteiger partial charge in [0.2, 0.25) is 0 Å². The molecule has 21 heavy (non-hydrogen) atoms. The van der Waals surface area contributed by atoms with Crippen LogP contribution in [-0.4, -0.2) is 46.3 Å². The molecule has 0 aliphatic heterocycles. The Hall–Kier alpha value is -2.29. The minimum Gasteiger partial charge on any atom is -0.478 e. The molecule has 112 valence electrons. The first-order chi connectivity index (χ1) is 9.76. The van der Waals surface area contributed by atoms with Crippen molar-refractivity contribution in [2.45, 2.75) is 6.54 Å². The van der Waals surface area contributed by atoms with Gasteiger partial charge in [0.15, 0.2) is 0 Å². The summed E-state index contributed by atoms with van der Waals surface area (Å²) in [6, 6.07) is 2.45. The lowest BCUT2D eigenvalue weighted by Gasteiger charge is -1.99. The van der Waals surface area contributed by atoms with Crippen molar-refractivity contribution in [1.82, 2.24) is 14.8 Å². The Morgan fingerprint density at radius 1 is 1.43 bits per heavy atom. The van der Waals surface area contributed by atoms with Crippen LogP contribution in [0.2, 0.25) is 0 Å². The molecule has 0 atom stereocenters. The molecule has 0 aliphatic rings. The molecule has 0 fully saturated rings. The van der Waals surface area contributed by atoms with Crippen molar-refractivity contribution < 1.29 is 22.7 Å². The van der Waals surface area contributed by atoms with Crippen LogP contribution in [-0.2, 0) is 16.4 Å². The van der Waals surface area contributed by atoms with E-state index in [0.29, 0.717) is 0 Å². The first-order valence-corrected chi connectivity index (χ1v) is 7.93. The third-order valence-electron chi connectivity index (χ3n) is 2.65. The van der Waals surface area contributed by atoms with E-state index in [1.807, 2.05) is 0 Å². The average molecular weight is 313 g/mol. The summed E-state index contributed by atoms with van der Waals surface area (Å²) >= 11 is 0. The van der Waals surface area contributed by atoms with Gasteiger partial charge >= 0.3 is 5.97 Å². The summed E-state index contributed by atoms with van der Waals surface area (Å²) in [6.45, 7) is 0.0281. The van der Waals surface area contributed by atoms with Crippen LogP contribution in [0.4, 0.5) is 4.39 Å². The van der Waals surface area contributed by atoms with Crippen LogP contribution in [0.3, 0.4) is 0 Å². The van der Waals surface area contributed by atoms with Crippen molar-refractivity contribution in [3.8, 4) is 11.4 Å². The lowest BCUT2D eigenvalue weighted by atomic mass is 10.2. The number of rotatable bonds is 5. The Kier molecular flexibility index (Phi) is 4.03. The molecule has 0 spiro atoms. The zero-order valence-corrected chi connectivity index (χ0v) is 11.8. The normalized spacial score (nSPS) is 11.5. The molecule has 0 aromatic carbocycles. The van der Waals surface area contributed by atoms with Gasteiger partial charge < -0.3 is 5.11 Å². The maximum atomic E-state index is 12.8. The number of sulfone groups is 1. The summed E-state index contributed by atoms with van der Waals surface area (Å²) in [5.41, 5.74) is 0.144. The summed E-state index contributed by atoms with van der Waals surface area (Å²) in [6.07, 6.45) is 3.27. The van der Waals surface area contributed by atoms with E-state index in [-0.39, 0.29) is 29.2 Å². The summed E-state index contributed by atoms with van der Waals surface area (Å²) in [5, 5.41) is 13.2. The average Bonchev–Trinajstić information content (AvgIpc) is 2.81. The van der Waals surface area contributed by atoms with E-state index in [1.165, 1.54) is 16.9 Å². The van der Waals surface area contributed by atoms with Gasteiger partial charge in [0.25, 0.3) is 0 Å². The van der Waals surface area contributed by atoms with Crippen molar-refractivity contribution in [3.63, 3.8) is 0 Å². The largest absolute Gasteiger partial charge is 0.478 e. The molecule has 0 bridgehead atoms. The van der Waals surface area contributed by atoms with Crippen molar-refractivity contribution in [3.05, 3.63) is 35.9 Å². The van der Waals surface area contributed by atoms with Gasteiger partial charge in [-0.25, -0.2) is 17.6 Å². The molecule has 9 heteroatoms. The first-order valence-electron chi connectivity index (χ1n) is 5.86. The van der Waals surface area contributed by atoms with Crippen LogP contribution in [0.5, 0.6) is 0 Å². The molecule has 0 aliphatic carbocycles. The van der Waals surface area contributed by atoms with Crippen LogP contribution in [0.15, 0.2) is 24.5 Å². The van der Waals surface area contributed by atoms with Gasteiger partial charge in [-0.2, -0.15) is 5.10 Å². The highest BCUT2D eigenvalue weighted by atomic mass is 32.2. The third-order valence-corrected chi connectivity index (χ3v) is 3.58. The monoisotopic (exact) mass is 313 g/mol. The van der Waals surface area contributed by atoms with E-state index >= 15 is 0 Å². The SMILES string of the molecule is CS(=O)(=O)CCn1cc(C(=O)O)c(-c2ccc(F)cn2)n1. The Morgan fingerprint density at radius 3 is 2.67 bits per heavy atom. The van der Waals surface area contributed by atoms with Gasteiger partial charge in [-0.15, -0.1) is 0 Å². The van der Waals surface area contributed by atoms with E-state index in [4.69, 9.17) is 5.11 Å². The molecule has 0 amide bonds. The number of aromatic nitrogens is 3. The second-order valence-electron chi connectivity index (χ2n) is 4.45. The fourth-order valence-electron chi connectivity index (χ4n) is 1.66. The van der Waals surface area contributed by atoms with Gasteiger partial charge in [0.1, 0.15) is 26.9 Å². The van der Waals surface area contributed by atoms with Gasteiger partial charge in [-0.05, 0) is 12.1 Å². The summed E-state index contributed by atoms with van der Waals surface area (Å²) in [4.78, 5) is 15.0. The smallest absolute Gasteiger partial charge is 0.339 e. The lowest BCUT2D eigenvalue weighted by Crippen LogP contribution is -2.11. The predicted octanol–water partition coefficient (Wildman–Crippen LogP) is 0.827. The molecule has 0 saturated heterocycles. The van der Waals surface area contributed by atoms with E-state index in [0.717, 1.165) is 18.5 Å². The molecular formula is C12H12FN3O4S. The predicted molar refractivity (Wildman–Crippen MR) is 72.1 cm³/mol. The highest BCUT2D eigenvalue weighted by molar-refractivity contribution is 7.90. The number of halogens is 1. The van der Waals surface area contributed by atoms with Crippen LogP contribution < -0.4 is 0 Å². The molecule has 1 N–H and O–H groups in total. The Labute approximate surface area is 120 Å². The fraction of sp³-hybridized carbons (Fsp3) is 0.250. The van der Waals surface area contributed by atoms with E-state index in [2.05, 4.69) is 10.1 Å². The van der Waals surface area contributed by atoms with Crippen LogP contribution in [0, 0.1) is 5.82 Å². The van der Waals surface area contributed by atoms with Crippen molar-refractivity contribution in [1.29, 1.82) is 0 Å². The van der Waals surface area contributed by atoms with Gasteiger partial charge in [-0.3, -0.25) is 9.67 Å². The van der Waals surface area contributed by atoms with E-state index in [1.54, 1.807) is 0 Å². The van der Waals surface area contributed by atoms with Crippen molar-refractivity contribution in [2.24, 2.45) is 0 Å². The van der Waals surface area contributed by atoms with Gasteiger partial charge in [0.05, 0.1) is 24.2 Å². The summed E-state index contributed by atoms with van der Waals surface area (Å²) < 4.78 is 36.3. The molecule has 2 heterocycles. The molecule has 0 radical (unpaired) electrons. The number of aryl methyl sites for hydroxylation is 1. The van der Waals surface area contributed by atoms with Crippen molar-refractivity contribution in [2.75, 3.05) is 12.0 Å². The van der Waals surface area contributed by atoms with E-state index < -0.39 is 21.6 Å². The van der Waals surface area contributed by atoms with Crippen molar-refractivity contribution >= 4 is 15.8 Å². The molecule has 0 unspecified atom stereocenters. The van der Waals surface area contributed by atoms with Crippen LogP contribution in [0.1, 0.15) is 10.4 Å². The molecule has 0 saturated carbocycles. The number of hydrogen-bond donors (Lipinski definition) is 1. The number of carboxylic acids is 1. The number of nitrogens with zero attached hydrogens (tertiary/aromatic N) is 3. The number of pyridine rings is 1. The van der Waals surface area contributed by atoms with Gasteiger partial charge in [0, 0.05) is 12.5 Å². The molecule has 2 rings (SSSR count). The zero-order valence-electron chi connectivity index (χ0n) is 11.0. The second-order valence-corrected chi connectivity index (χ2v) is 6.71. The van der Waals surface area contributed by atoms with Gasteiger partial charge in [-0.1, -0.05) is 0 Å². The zero-order chi connectivity index (χ0) is 15.6. The topological polar surface area (TPSA) is 102 Å². The highest BCUT2D eigenvalue weighted by Crippen LogP contribution is 2.20. The fourth-order valence-corrected chi connectivity index (χ4v) is 2.18. The third kappa shape index (κ3) is 3.85. The van der Waals surface area contributed by atoms with Crippen LogP contribution >= 0.6 is 0 Å². The maximum Gasteiger partial charge on any atom is 0.339 e. The molecule has 2 aromatic rings. The number of aromatic carboxylic acids is 1.